The molecule has 1 heterocycles. The number of hydrogen-bond donors (Lipinski definition) is 1. The zero-order valence-electron chi connectivity index (χ0n) is 9.24. The topological polar surface area (TPSA) is 29.3 Å². The van der Waals surface area contributed by atoms with Crippen LogP contribution in [-0.4, -0.2) is 25.0 Å². The molecule has 0 saturated carbocycles. The number of rotatable bonds is 2. The van der Waals surface area contributed by atoms with Crippen molar-refractivity contribution in [1.82, 2.24) is 4.90 Å². The van der Waals surface area contributed by atoms with Crippen LogP contribution in [0.5, 0.6) is 0 Å². The molecule has 1 aromatic rings. The molecule has 0 saturated heterocycles. The lowest BCUT2D eigenvalue weighted by atomic mass is 9.98. The van der Waals surface area contributed by atoms with Gasteiger partial charge in [-0.15, -0.1) is 0 Å². The molecule has 0 fully saturated rings. The van der Waals surface area contributed by atoms with Gasteiger partial charge < -0.3 is 10.6 Å². The second-order valence-corrected chi connectivity index (χ2v) is 4.15. The maximum absolute atomic E-state index is 5.64. The summed E-state index contributed by atoms with van der Waals surface area (Å²) in [6, 6.07) is 8.56. The number of benzene rings is 1. The third kappa shape index (κ3) is 2.46. The van der Waals surface area contributed by atoms with Gasteiger partial charge in [0.25, 0.3) is 0 Å². The summed E-state index contributed by atoms with van der Waals surface area (Å²) in [5.74, 6) is 0. The SMILES string of the molecule is CN1CC=C(c2cccc(CN)c2)CC1. The minimum Gasteiger partial charge on any atom is -0.326 e. The van der Waals surface area contributed by atoms with Crippen LogP contribution >= 0.6 is 0 Å². The highest BCUT2D eigenvalue weighted by atomic mass is 15.1. The van der Waals surface area contributed by atoms with Crippen molar-refractivity contribution in [2.45, 2.75) is 13.0 Å². The van der Waals surface area contributed by atoms with Gasteiger partial charge in [-0.05, 0) is 30.2 Å². The molecule has 0 aliphatic carbocycles. The van der Waals surface area contributed by atoms with Gasteiger partial charge in [-0.1, -0.05) is 30.3 Å². The lowest BCUT2D eigenvalue weighted by Gasteiger charge is -2.22. The molecule has 2 nitrogen and oxygen atoms in total. The van der Waals surface area contributed by atoms with Crippen LogP contribution in [0.4, 0.5) is 0 Å². The molecular weight excluding hydrogens is 184 g/mol. The van der Waals surface area contributed by atoms with Crippen molar-refractivity contribution in [2.24, 2.45) is 5.73 Å². The highest BCUT2D eigenvalue weighted by molar-refractivity contribution is 5.67. The summed E-state index contributed by atoms with van der Waals surface area (Å²) < 4.78 is 0. The third-order valence-corrected chi connectivity index (χ3v) is 2.95. The molecule has 1 aliphatic rings. The third-order valence-electron chi connectivity index (χ3n) is 2.95. The van der Waals surface area contributed by atoms with Crippen LogP contribution in [0.1, 0.15) is 17.5 Å². The van der Waals surface area contributed by atoms with Gasteiger partial charge in [0.2, 0.25) is 0 Å². The summed E-state index contributed by atoms with van der Waals surface area (Å²) in [5, 5.41) is 0. The molecule has 0 amide bonds. The van der Waals surface area contributed by atoms with Crippen molar-refractivity contribution in [3.8, 4) is 0 Å². The molecule has 0 bridgehead atoms. The first-order chi connectivity index (χ1) is 7.29. The van der Waals surface area contributed by atoms with Gasteiger partial charge in [-0.3, -0.25) is 0 Å². The van der Waals surface area contributed by atoms with E-state index in [1.165, 1.54) is 16.7 Å². The minimum atomic E-state index is 0.626. The maximum atomic E-state index is 5.64. The van der Waals surface area contributed by atoms with E-state index in [0.29, 0.717) is 6.54 Å². The zero-order chi connectivity index (χ0) is 10.7. The van der Waals surface area contributed by atoms with E-state index >= 15 is 0 Å². The predicted octanol–water partition coefficient (Wildman–Crippen LogP) is 1.86. The first-order valence-electron chi connectivity index (χ1n) is 5.46. The highest BCUT2D eigenvalue weighted by Crippen LogP contribution is 2.22. The van der Waals surface area contributed by atoms with Crippen LogP contribution in [-0.2, 0) is 6.54 Å². The van der Waals surface area contributed by atoms with Gasteiger partial charge in [0, 0.05) is 19.6 Å². The Bertz CT molecular complexity index is 369. The van der Waals surface area contributed by atoms with Crippen LogP contribution in [0.3, 0.4) is 0 Å². The molecule has 2 N–H and O–H groups in total. The Kier molecular flexibility index (Phi) is 3.19. The van der Waals surface area contributed by atoms with Crippen LogP contribution < -0.4 is 5.73 Å². The van der Waals surface area contributed by atoms with Crippen molar-refractivity contribution in [3.05, 3.63) is 41.5 Å². The number of nitrogens with zero attached hydrogens (tertiary/aromatic N) is 1. The van der Waals surface area contributed by atoms with Gasteiger partial charge in [0.15, 0.2) is 0 Å². The molecule has 80 valence electrons. The van der Waals surface area contributed by atoms with Gasteiger partial charge >= 0.3 is 0 Å². The van der Waals surface area contributed by atoms with E-state index < -0.39 is 0 Å². The molecule has 2 heteroatoms. The predicted molar refractivity (Wildman–Crippen MR) is 64.4 cm³/mol. The van der Waals surface area contributed by atoms with Gasteiger partial charge in [-0.2, -0.15) is 0 Å². The average Bonchev–Trinajstić information content (AvgIpc) is 2.30. The Hall–Kier alpha value is -1.12. The Morgan fingerprint density at radius 1 is 1.40 bits per heavy atom. The Labute approximate surface area is 91.4 Å². The van der Waals surface area contributed by atoms with Crippen molar-refractivity contribution < 1.29 is 0 Å². The molecular formula is C13H18N2. The molecule has 15 heavy (non-hydrogen) atoms. The van der Waals surface area contributed by atoms with Gasteiger partial charge in [0.05, 0.1) is 0 Å². The second kappa shape index (κ2) is 4.60. The van der Waals surface area contributed by atoms with Crippen LogP contribution in [0.15, 0.2) is 30.3 Å². The fourth-order valence-corrected chi connectivity index (χ4v) is 1.93. The Morgan fingerprint density at radius 3 is 2.93 bits per heavy atom. The maximum Gasteiger partial charge on any atom is 0.0178 e. The Morgan fingerprint density at radius 2 is 2.27 bits per heavy atom. The molecule has 0 aromatic heterocycles. The molecule has 1 aliphatic heterocycles. The number of likely N-dealkylation sites (N-methyl/N-ethyl adjacent to an activating group) is 1. The van der Waals surface area contributed by atoms with Crippen LogP contribution in [0.25, 0.3) is 5.57 Å². The average molecular weight is 202 g/mol. The van der Waals surface area contributed by atoms with Crippen molar-refractivity contribution in [3.63, 3.8) is 0 Å². The van der Waals surface area contributed by atoms with E-state index in [1.807, 2.05) is 0 Å². The molecule has 0 spiro atoms. The first kappa shape index (κ1) is 10.4. The summed E-state index contributed by atoms with van der Waals surface area (Å²) >= 11 is 0. The summed E-state index contributed by atoms with van der Waals surface area (Å²) in [5.41, 5.74) is 9.66. The standard InChI is InChI=1S/C13H18N2/c1-15-7-5-12(6-8-15)13-4-2-3-11(9-13)10-14/h2-5,9H,6-8,10,14H2,1H3. The Balaban J connectivity index is 2.22. The van der Waals surface area contributed by atoms with E-state index in [9.17, 15) is 0 Å². The lowest BCUT2D eigenvalue weighted by molar-refractivity contribution is 0.370. The molecule has 0 radical (unpaired) electrons. The largest absolute Gasteiger partial charge is 0.326 e. The summed E-state index contributed by atoms with van der Waals surface area (Å²) in [6.07, 6.45) is 3.46. The normalized spacial score (nSPS) is 17.6. The summed E-state index contributed by atoms with van der Waals surface area (Å²) in [4.78, 5) is 2.33. The van der Waals surface area contributed by atoms with Gasteiger partial charge in [-0.25, -0.2) is 0 Å². The molecule has 2 rings (SSSR count). The van der Waals surface area contributed by atoms with E-state index in [1.54, 1.807) is 0 Å². The minimum absolute atomic E-state index is 0.626. The number of nitrogens with two attached hydrogens (primary N) is 1. The first-order valence-corrected chi connectivity index (χ1v) is 5.46. The van der Waals surface area contributed by atoms with E-state index in [-0.39, 0.29) is 0 Å². The smallest absolute Gasteiger partial charge is 0.0178 e. The lowest BCUT2D eigenvalue weighted by Crippen LogP contribution is -2.23. The van der Waals surface area contributed by atoms with Crippen molar-refractivity contribution in [1.29, 1.82) is 0 Å². The second-order valence-electron chi connectivity index (χ2n) is 4.15. The van der Waals surface area contributed by atoms with E-state index in [2.05, 4.69) is 42.3 Å². The highest BCUT2D eigenvalue weighted by Gasteiger charge is 2.09. The summed E-state index contributed by atoms with van der Waals surface area (Å²) in [6.45, 7) is 2.84. The van der Waals surface area contributed by atoms with Crippen LogP contribution in [0.2, 0.25) is 0 Å². The van der Waals surface area contributed by atoms with Crippen molar-refractivity contribution in [2.75, 3.05) is 20.1 Å². The van der Waals surface area contributed by atoms with E-state index in [0.717, 1.165) is 19.5 Å². The fourth-order valence-electron chi connectivity index (χ4n) is 1.93. The van der Waals surface area contributed by atoms with Crippen molar-refractivity contribution >= 4 is 5.57 Å². The fraction of sp³-hybridized carbons (Fsp3) is 0.385. The van der Waals surface area contributed by atoms with E-state index in [4.69, 9.17) is 5.73 Å². The summed E-state index contributed by atoms with van der Waals surface area (Å²) in [7, 11) is 2.16. The van der Waals surface area contributed by atoms with Gasteiger partial charge in [0.1, 0.15) is 0 Å². The quantitative estimate of drug-likeness (QED) is 0.793. The number of hydrogen-bond acceptors (Lipinski definition) is 2. The molecule has 0 unspecified atom stereocenters. The monoisotopic (exact) mass is 202 g/mol. The zero-order valence-corrected chi connectivity index (χ0v) is 9.24. The van der Waals surface area contributed by atoms with Crippen LogP contribution in [0, 0.1) is 0 Å². The molecule has 0 atom stereocenters. The molecule has 1 aromatic carbocycles.